The van der Waals surface area contributed by atoms with Gasteiger partial charge in [-0.1, -0.05) is 17.7 Å². The molecule has 0 bridgehead atoms. The predicted octanol–water partition coefficient (Wildman–Crippen LogP) is 2.99. The minimum atomic E-state index is -0.276. The number of hydrogen-bond acceptors (Lipinski definition) is 4. The van der Waals surface area contributed by atoms with E-state index in [-0.39, 0.29) is 11.7 Å². The number of anilines is 1. The zero-order valence-electron chi connectivity index (χ0n) is 12.1. The zero-order chi connectivity index (χ0) is 14.9. The molecule has 2 heterocycles. The number of rotatable bonds is 1. The van der Waals surface area contributed by atoms with Crippen molar-refractivity contribution in [1.29, 1.82) is 5.26 Å². The first-order valence-electron chi connectivity index (χ1n) is 7.33. The van der Waals surface area contributed by atoms with Crippen LogP contribution >= 0.6 is 11.6 Å². The summed E-state index contributed by atoms with van der Waals surface area (Å²) in [6, 6.07) is 7.70. The Morgan fingerprint density at radius 2 is 2.33 bits per heavy atom. The third-order valence-electron chi connectivity index (χ3n) is 4.12. The van der Waals surface area contributed by atoms with Crippen LogP contribution in [0.25, 0.3) is 0 Å². The molecule has 2 aliphatic heterocycles. The number of morpholine rings is 1. The molecular weight excluding hydrogens is 288 g/mol. The molecule has 1 aromatic rings. The third kappa shape index (κ3) is 2.87. The lowest BCUT2D eigenvalue weighted by atomic mass is 9.92. The number of ether oxygens (including phenoxy) is 2. The fourth-order valence-electron chi connectivity index (χ4n) is 3.37. The third-order valence-corrected chi connectivity index (χ3v) is 4.42. The molecule has 2 aliphatic rings. The molecule has 3 rings (SSSR count). The molecule has 1 spiro atoms. The number of halogens is 1. The van der Waals surface area contributed by atoms with E-state index < -0.39 is 0 Å². The Kier molecular flexibility index (Phi) is 4.08. The van der Waals surface area contributed by atoms with Crippen molar-refractivity contribution >= 4 is 17.3 Å². The average Bonchev–Trinajstić information content (AvgIpc) is 2.46. The lowest BCUT2D eigenvalue weighted by molar-refractivity contribution is -0.160. The summed E-state index contributed by atoms with van der Waals surface area (Å²) in [6.45, 7) is 4.93. The molecule has 0 aromatic heterocycles. The number of benzene rings is 1. The van der Waals surface area contributed by atoms with Crippen LogP contribution in [-0.4, -0.2) is 38.0 Å². The van der Waals surface area contributed by atoms with Gasteiger partial charge in [-0.25, -0.2) is 0 Å². The van der Waals surface area contributed by atoms with Crippen molar-refractivity contribution in [2.24, 2.45) is 0 Å². The Hall–Kier alpha value is -1.28. The lowest BCUT2D eigenvalue weighted by Gasteiger charge is -2.48. The fraction of sp³-hybridized carbons (Fsp3) is 0.562. The first-order valence-corrected chi connectivity index (χ1v) is 7.70. The maximum Gasteiger partial charge on any atom is 0.109 e. The van der Waals surface area contributed by atoms with E-state index in [0.717, 1.165) is 38.2 Å². The number of hydrogen-bond donors (Lipinski definition) is 0. The van der Waals surface area contributed by atoms with Gasteiger partial charge in [0.2, 0.25) is 0 Å². The van der Waals surface area contributed by atoms with E-state index in [1.54, 1.807) is 0 Å². The SMILES string of the molecule is C[C@@H]1CN(c2c(Cl)cccc2C#N)C[C@@]2(CCCOC2)O1. The first kappa shape index (κ1) is 14.6. The van der Waals surface area contributed by atoms with Crippen LogP contribution in [0.5, 0.6) is 0 Å². The highest BCUT2D eigenvalue weighted by molar-refractivity contribution is 6.33. The van der Waals surface area contributed by atoms with Gasteiger partial charge in [0, 0.05) is 19.7 Å². The van der Waals surface area contributed by atoms with Crippen LogP contribution in [0.3, 0.4) is 0 Å². The van der Waals surface area contributed by atoms with E-state index in [1.807, 2.05) is 18.2 Å². The van der Waals surface area contributed by atoms with Crippen LogP contribution in [-0.2, 0) is 9.47 Å². The van der Waals surface area contributed by atoms with Crippen LogP contribution in [0, 0.1) is 11.3 Å². The molecule has 1 aromatic carbocycles. The predicted molar refractivity (Wildman–Crippen MR) is 81.7 cm³/mol. The van der Waals surface area contributed by atoms with E-state index in [1.165, 1.54) is 0 Å². The second kappa shape index (κ2) is 5.84. The highest BCUT2D eigenvalue weighted by Crippen LogP contribution is 2.36. The van der Waals surface area contributed by atoms with E-state index in [9.17, 15) is 5.26 Å². The molecule has 0 unspecified atom stereocenters. The van der Waals surface area contributed by atoms with Crippen molar-refractivity contribution in [3.05, 3.63) is 28.8 Å². The van der Waals surface area contributed by atoms with Crippen molar-refractivity contribution in [3.8, 4) is 6.07 Å². The second-order valence-corrected chi connectivity index (χ2v) is 6.30. The monoisotopic (exact) mass is 306 g/mol. The molecule has 4 nitrogen and oxygen atoms in total. The molecule has 5 heteroatoms. The molecule has 2 atom stereocenters. The van der Waals surface area contributed by atoms with Crippen LogP contribution < -0.4 is 4.90 Å². The maximum atomic E-state index is 9.35. The summed E-state index contributed by atoms with van der Waals surface area (Å²) in [5, 5.41) is 9.97. The van der Waals surface area contributed by atoms with Gasteiger partial charge in [-0.15, -0.1) is 0 Å². The molecule has 2 fully saturated rings. The van der Waals surface area contributed by atoms with E-state index in [4.69, 9.17) is 21.1 Å². The van der Waals surface area contributed by atoms with Gasteiger partial charge in [0.1, 0.15) is 11.7 Å². The number of para-hydroxylation sites is 1. The molecule has 112 valence electrons. The first-order chi connectivity index (χ1) is 10.1. The molecular formula is C16H19ClN2O2. The molecule has 0 N–H and O–H groups in total. The van der Waals surface area contributed by atoms with Crippen LogP contribution in [0.2, 0.25) is 5.02 Å². The van der Waals surface area contributed by atoms with E-state index in [0.29, 0.717) is 17.2 Å². The summed E-state index contributed by atoms with van der Waals surface area (Å²) in [4.78, 5) is 2.18. The highest BCUT2D eigenvalue weighted by Gasteiger charge is 2.42. The van der Waals surface area contributed by atoms with E-state index in [2.05, 4.69) is 17.9 Å². The summed E-state index contributed by atoms with van der Waals surface area (Å²) < 4.78 is 11.8. The van der Waals surface area contributed by atoms with Crippen molar-refractivity contribution in [2.75, 3.05) is 31.2 Å². The van der Waals surface area contributed by atoms with Gasteiger partial charge in [-0.05, 0) is 31.9 Å². The highest BCUT2D eigenvalue weighted by atomic mass is 35.5. The summed E-state index contributed by atoms with van der Waals surface area (Å²) >= 11 is 6.35. The van der Waals surface area contributed by atoms with Gasteiger partial charge in [0.05, 0.1) is 29.0 Å². The van der Waals surface area contributed by atoms with Crippen molar-refractivity contribution < 1.29 is 9.47 Å². The van der Waals surface area contributed by atoms with Gasteiger partial charge < -0.3 is 14.4 Å². The maximum absolute atomic E-state index is 9.35. The minimum absolute atomic E-state index is 0.0864. The van der Waals surface area contributed by atoms with Crippen LogP contribution in [0.15, 0.2) is 18.2 Å². The Morgan fingerprint density at radius 3 is 3.05 bits per heavy atom. The quantitative estimate of drug-likeness (QED) is 0.800. The Balaban J connectivity index is 1.93. The van der Waals surface area contributed by atoms with Gasteiger partial charge in [0.15, 0.2) is 0 Å². The van der Waals surface area contributed by atoms with Crippen LogP contribution in [0.1, 0.15) is 25.3 Å². The summed E-state index contributed by atoms with van der Waals surface area (Å²) in [5.74, 6) is 0. The van der Waals surface area contributed by atoms with Crippen LogP contribution in [0.4, 0.5) is 5.69 Å². The smallest absolute Gasteiger partial charge is 0.109 e. The van der Waals surface area contributed by atoms with E-state index >= 15 is 0 Å². The van der Waals surface area contributed by atoms with Gasteiger partial charge in [-0.3, -0.25) is 0 Å². The Morgan fingerprint density at radius 1 is 1.48 bits per heavy atom. The molecule has 0 radical (unpaired) electrons. The van der Waals surface area contributed by atoms with Gasteiger partial charge in [0.25, 0.3) is 0 Å². The molecule has 0 aliphatic carbocycles. The number of nitriles is 1. The minimum Gasteiger partial charge on any atom is -0.378 e. The number of nitrogens with zero attached hydrogens (tertiary/aromatic N) is 2. The summed E-state index contributed by atoms with van der Waals surface area (Å²) in [7, 11) is 0. The topological polar surface area (TPSA) is 45.5 Å². The van der Waals surface area contributed by atoms with Crippen molar-refractivity contribution in [3.63, 3.8) is 0 Å². The summed E-state index contributed by atoms with van der Waals surface area (Å²) in [5.41, 5.74) is 1.16. The second-order valence-electron chi connectivity index (χ2n) is 5.90. The van der Waals surface area contributed by atoms with Crippen molar-refractivity contribution in [1.82, 2.24) is 0 Å². The molecule has 0 saturated carbocycles. The average molecular weight is 307 g/mol. The molecule has 0 amide bonds. The molecule has 21 heavy (non-hydrogen) atoms. The van der Waals surface area contributed by atoms with Gasteiger partial charge >= 0.3 is 0 Å². The Labute approximate surface area is 130 Å². The molecule has 2 saturated heterocycles. The Bertz CT molecular complexity index is 564. The summed E-state index contributed by atoms with van der Waals surface area (Å²) in [6.07, 6.45) is 2.08. The fourth-order valence-corrected chi connectivity index (χ4v) is 3.66. The largest absolute Gasteiger partial charge is 0.378 e. The zero-order valence-corrected chi connectivity index (χ0v) is 12.9. The van der Waals surface area contributed by atoms with Gasteiger partial charge in [-0.2, -0.15) is 5.26 Å². The lowest BCUT2D eigenvalue weighted by Crippen LogP contribution is -2.58. The normalized spacial score (nSPS) is 29.4. The van der Waals surface area contributed by atoms with Crippen molar-refractivity contribution in [2.45, 2.75) is 31.5 Å². The standard InChI is InChI=1S/C16H19ClN2O2/c1-12-9-19(10-16(21-12)6-3-7-20-11-16)15-13(8-18)4-2-5-14(15)17/h2,4-5,12H,3,6-7,9-11H2,1H3/t12-,16-/m1/s1.